The van der Waals surface area contributed by atoms with Gasteiger partial charge < -0.3 is 15.4 Å². The van der Waals surface area contributed by atoms with Crippen LogP contribution in [0.4, 0.5) is 5.00 Å². The first-order valence-corrected chi connectivity index (χ1v) is 11.3. The average Bonchev–Trinajstić information content (AvgIpc) is 3.35. The number of carbonyl (C=O) groups excluding carboxylic acids is 3. The standard InChI is InChI=1S/C20H27N3O4S2/c1-4-14-10-16(20(26)27-6-3)19(29-14)22-18(25)13-23(5-2)12-17(24)21-11-15-8-7-9-28-15/h7-10H,4-6,11-13H2,1-3H3,(H,21,24)(H,22,25). The van der Waals surface area contributed by atoms with Crippen LogP contribution in [0.2, 0.25) is 0 Å². The lowest BCUT2D eigenvalue weighted by Gasteiger charge is -2.19. The molecule has 2 N–H and O–H groups in total. The van der Waals surface area contributed by atoms with Gasteiger partial charge in [-0.05, 0) is 37.4 Å². The quantitative estimate of drug-likeness (QED) is 0.528. The summed E-state index contributed by atoms with van der Waals surface area (Å²) in [5, 5.41) is 8.12. The van der Waals surface area contributed by atoms with Gasteiger partial charge in [-0.25, -0.2) is 4.79 Å². The fourth-order valence-corrected chi connectivity index (χ4v) is 4.22. The highest BCUT2D eigenvalue weighted by Crippen LogP contribution is 2.29. The van der Waals surface area contributed by atoms with Gasteiger partial charge in [0.2, 0.25) is 11.8 Å². The summed E-state index contributed by atoms with van der Waals surface area (Å²) < 4.78 is 5.07. The molecular formula is C20H27N3O4S2. The van der Waals surface area contributed by atoms with Crippen molar-refractivity contribution in [2.45, 2.75) is 33.7 Å². The van der Waals surface area contributed by atoms with Gasteiger partial charge in [-0.1, -0.05) is 19.9 Å². The molecule has 0 aliphatic rings. The zero-order valence-electron chi connectivity index (χ0n) is 16.9. The van der Waals surface area contributed by atoms with E-state index in [0.29, 0.717) is 23.7 Å². The molecule has 29 heavy (non-hydrogen) atoms. The van der Waals surface area contributed by atoms with E-state index in [4.69, 9.17) is 4.74 Å². The van der Waals surface area contributed by atoms with Crippen LogP contribution in [0, 0.1) is 0 Å². The first kappa shape index (κ1) is 23.1. The van der Waals surface area contributed by atoms with Crippen LogP contribution < -0.4 is 10.6 Å². The van der Waals surface area contributed by atoms with Crippen LogP contribution in [0.25, 0.3) is 0 Å². The molecule has 0 saturated carbocycles. The lowest BCUT2D eigenvalue weighted by atomic mass is 10.2. The number of aryl methyl sites for hydroxylation is 1. The van der Waals surface area contributed by atoms with Gasteiger partial charge in [0.15, 0.2) is 0 Å². The van der Waals surface area contributed by atoms with Crippen LogP contribution in [0.15, 0.2) is 23.6 Å². The van der Waals surface area contributed by atoms with E-state index < -0.39 is 5.97 Å². The van der Waals surface area contributed by atoms with E-state index in [9.17, 15) is 14.4 Å². The highest BCUT2D eigenvalue weighted by Gasteiger charge is 2.20. The number of nitrogens with one attached hydrogen (secondary N) is 2. The van der Waals surface area contributed by atoms with Crippen molar-refractivity contribution in [1.29, 1.82) is 0 Å². The van der Waals surface area contributed by atoms with E-state index in [-0.39, 0.29) is 31.5 Å². The Bertz CT molecular complexity index is 818. The van der Waals surface area contributed by atoms with Crippen LogP contribution in [0.3, 0.4) is 0 Å². The van der Waals surface area contributed by atoms with E-state index >= 15 is 0 Å². The van der Waals surface area contributed by atoms with Gasteiger partial charge in [0.25, 0.3) is 0 Å². The maximum Gasteiger partial charge on any atom is 0.341 e. The number of amides is 2. The van der Waals surface area contributed by atoms with Crippen LogP contribution in [-0.4, -0.2) is 48.9 Å². The maximum absolute atomic E-state index is 12.5. The second-order valence-corrected chi connectivity index (χ2v) is 8.41. The lowest BCUT2D eigenvalue weighted by molar-refractivity contribution is -0.123. The predicted molar refractivity (Wildman–Crippen MR) is 117 cm³/mol. The molecule has 2 heterocycles. The van der Waals surface area contributed by atoms with Gasteiger partial charge in [0.05, 0.1) is 31.8 Å². The van der Waals surface area contributed by atoms with Crippen molar-refractivity contribution in [1.82, 2.24) is 10.2 Å². The molecule has 0 bridgehead atoms. The van der Waals surface area contributed by atoms with Crippen LogP contribution in [0.1, 0.15) is 40.9 Å². The fourth-order valence-electron chi connectivity index (χ4n) is 2.58. The van der Waals surface area contributed by atoms with Gasteiger partial charge in [-0.15, -0.1) is 22.7 Å². The Hall–Kier alpha value is -2.23. The number of likely N-dealkylation sites (N-methyl/N-ethyl adjacent to an activating group) is 1. The van der Waals surface area contributed by atoms with E-state index in [2.05, 4.69) is 10.6 Å². The second-order valence-electron chi connectivity index (χ2n) is 6.24. The molecule has 2 aromatic rings. The number of nitrogens with zero attached hydrogens (tertiary/aromatic N) is 1. The molecule has 0 aliphatic heterocycles. The van der Waals surface area contributed by atoms with Crippen molar-refractivity contribution < 1.29 is 19.1 Å². The normalized spacial score (nSPS) is 10.8. The summed E-state index contributed by atoms with van der Waals surface area (Å²) >= 11 is 2.95. The summed E-state index contributed by atoms with van der Waals surface area (Å²) in [4.78, 5) is 40.6. The largest absolute Gasteiger partial charge is 0.462 e. The molecule has 2 aromatic heterocycles. The Kier molecular flexibility index (Phi) is 9.30. The summed E-state index contributed by atoms with van der Waals surface area (Å²) in [6, 6.07) is 5.66. The topological polar surface area (TPSA) is 87.7 Å². The molecule has 158 valence electrons. The molecule has 2 amide bonds. The monoisotopic (exact) mass is 437 g/mol. The smallest absolute Gasteiger partial charge is 0.341 e. The van der Waals surface area contributed by atoms with E-state index in [0.717, 1.165) is 16.2 Å². The number of anilines is 1. The highest BCUT2D eigenvalue weighted by atomic mass is 32.1. The van der Waals surface area contributed by atoms with Crippen molar-refractivity contribution in [3.63, 3.8) is 0 Å². The van der Waals surface area contributed by atoms with Crippen LogP contribution >= 0.6 is 22.7 Å². The predicted octanol–water partition coefficient (Wildman–Crippen LogP) is 3.13. The molecule has 0 atom stereocenters. The molecule has 0 radical (unpaired) electrons. The third-order valence-electron chi connectivity index (χ3n) is 4.10. The lowest BCUT2D eigenvalue weighted by Crippen LogP contribution is -2.40. The Balaban J connectivity index is 1.91. The van der Waals surface area contributed by atoms with Gasteiger partial charge in [-0.3, -0.25) is 14.5 Å². The summed E-state index contributed by atoms with van der Waals surface area (Å²) in [5.41, 5.74) is 0.374. The number of ether oxygens (including phenoxy) is 1. The van der Waals surface area contributed by atoms with Gasteiger partial charge in [0, 0.05) is 9.75 Å². The maximum atomic E-state index is 12.5. The minimum atomic E-state index is -0.445. The molecule has 2 rings (SSSR count). The van der Waals surface area contributed by atoms with Crippen molar-refractivity contribution in [3.8, 4) is 0 Å². The molecule has 0 aliphatic carbocycles. The molecule has 7 nitrogen and oxygen atoms in total. The summed E-state index contributed by atoms with van der Waals surface area (Å²) in [7, 11) is 0. The third kappa shape index (κ3) is 7.26. The SMILES string of the molecule is CCOC(=O)c1cc(CC)sc1NC(=O)CN(CC)CC(=O)NCc1cccs1. The third-order valence-corrected chi connectivity index (χ3v) is 6.17. The van der Waals surface area contributed by atoms with Crippen molar-refractivity contribution in [2.75, 3.05) is 31.6 Å². The van der Waals surface area contributed by atoms with E-state index in [1.54, 1.807) is 29.2 Å². The van der Waals surface area contributed by atoms with Crippen molar-refractivity contribution >= 4 is 45.5 Å². The molecular weight excluding hydrogens is 410 g/mol. The molecule has 0 spiro atoms. The Morgan fingerprint density at radius 3 is 2.48 bits per heavy atom. The Labute approximate surface area is 179 Å². The summed E-state index contributed by atoms with van der Waals surface area (Å²) in [5.74, 6) is -0.850. The first-order valence-electron chi connectivity index (χ1n) is 9.57. The summed E-state index contributed by atoms with van der Waals surface area (Å²) in [6.45, 7) is 7.12. The summed E-state index contributed by atoms with van der Waals surface area (Å²) in [6.07, 6.45) is 0.762. The molecule has 0 saturated heterocycles. The fraction of sp³-hybridized carbons (Fsp3) is 0.450. The number of hydrogen-bond donors (Lipinski definition) is 2. The number of rotatable bonds is 11. The first-order chi connectivity index (χ1) is 14.0. The van der Waals surface area contributed by atoms with Gasteiger partial charge in [0.1, 0.15) is 5.00 Å². The number of hydrogen-bond acceptors (Lipinski definition) is 7. The van der Waals surface area contributed by atoms with Crippen LogP contribution in [0.5, 0.6) is 0 Å². The number of esters is 1. The van der Waals surface area contributed by atoms with E-state index in [1.165, 1.54) is 11.3 Å². The van der Waals surface area contributed by atoms with Gasteiger partial charge >= 0.3 is 5.97 Å². The molecule has 9 heteroatoms. The van der Waals surface area contributed by atoms with Gasteiger partial charge in [-0.2, -0.15) is 0 Å². The Morgan fingerprint density at radius 1 is 1.10 bits per heavy atom. The highest BCUT2D eigenvalue weighted by molar-refractivity contribution is 7.16. The van der Waals surface area contributed by atoms with E-state index in [1.807, 2.05) is 31.4 Å². The average molecular weight is 438 g/mol. The molecule has 0 fully saturated rings. The Morgan fingerprint density at radius 2 is 1.86 bits per heavy atom. The zero-order valence-corrected chi connectivity index (χ0v) is 18.6. The minimum absolute atomic E-state index is 0.0601. The van der Waals surface area contributed by atoms with Crippen LogP contribution in [-0.2, 0) is 27.3 Å². The second kappa shape index (κ2) is 11.7. The number of thiophene rings is 2. The number of carbonyl (C=O) groups is 3. The minimum Gasteiger partial charge on any atom is -0.462 e. The van der Waals surface area contributed by atoms with Crippen molar-refractivity contribution in [2.24, 2.45) is 0 Å². The van der Waals surface area contributed by atoms with Crippen molar-refractivity contribution in [3.05, 3.63) is 38.9 Å². The molecule has 0 aromatic carbocycles. The zero-order chi connectivity index (χ0) is 21.2. The molecule has 0 unspecified atom stereocenters.